The van der Waals surface area contributed by atoms with E-state index in [1.165, 1.54) is 0 Å². The molecule has 5 rings (SSSR count). The van der Waals surface area contributed by atoms with Gasteiger partial charge in [-0.2, -0.15) is 0 Å². The van der Waals surface area contributed by atoms with Crippen LogP contribution in [0.15, 0.2) is 109 Å². The Kier molecular flexibility index (Phi) is 12.7. The molecular formula is C34H34Cl3NO6S. The third-order valence-corrected chi connectivity index (χ3v) is 8.41. The highest BCUT2D eigenvalue weighted by Gasteiger charge is 2.51. The summed E-state index contributed by atoms with van der Waals surface area (Å²) in [6.07, 6.45) is -4.10. The van der Waals surface area contributed by atoms with Crippen molar-refractivity contribution in [1.29, 1.82) is 5.41 Å². The first-order valence-electron chi connectivity index (χ1n) is 14.4. The van der Waals surface area contributed by atoms with Crippen LogP contribution in [0.3, 0.4) is 0 Å². The number of halogens is 3. The molecule has 0 bridgehead atoms. The van der Waals surface area contributed by atoms with Crippen LogP contribution in [0, 0.1) is 5.41 Å². The van der Waals surface area contributed by atoms with E-state index in [1.807, 2.05) is 109 Å². The molecule has 1 aromatic heterocycles. The monoisotopic (exact) mass is 689 g/mol. The highest BCUT2D eigenvalue weighted by Crippen LogP contribution is 2.35. The summed E-state index contributed by atoms with van der Waals surface area (Å²) in [5.41, 5.74) is 2.96. The Morgan fingerprint density at radius 1 is 0.667 bits per heavy atom. The van der Waals surface area contributed by atoms with Crippen molar-refractivity contribution in [3.05, 3.63) is 130 Å². The fourth-order valence-electron chi connectivity index (χ4n) is 4.83. The maximum atomic E-state index is 8.35. The van der Waals surface area contributed by atoms with Gasteiger partial charge in [0.25, 0.3) is 3.79 Å². The van der Waals surface area contributed by atoms with E-state index in [1.54, 1.807) is 11.3 Å². The Bertz CT molecular complexity index is 1430. The van der Waals surface area contributed by atoms with Gasteiger partial charge in [0, 0.05) is 4.88 Å². The summed E-state index contributed by atoms with van der Waals surface area (Å²) in [7, 11) is 0. The van der Waals surface area contributed by atoms with Crippen molar-refractivity contribution in [1.82, 2.24) is 0 Å². The third-order valence-electron chi connectivity index (χ3n) is 7.05. The molecule has 0 radical (unpaired) electrons. The quantitative estimate of drug-likeness (QED) is 0.0819. The maximum absolute atomic E-state index is 8.35. The molecule has 0 spiro atoms. The number of ether oxygens (including phenoxy) is 6. The number of hydrogen-bond donors (Lipinski definition) is 1. The Labute approximate surface area is 282 Å². The molecule has 1 aliphatic heterocycles. The van der Waals surface area contributed by atoms with Crippen LogP contribution in [-0.2, 0) is 54.8 Å². The van der Waals surface area contributed by atoms with E-state index in [0.29, 0.717) is 13.2 Å². The van der Waals surface area contributed by atoms with Gasteiger partial charge in [0.05, 0.1) is 33.0 Å². The minimum atomic E-state index is -2.11. The highest BCUT2D eigenvalue weighted by atomic mass is 35.6. The number of nitrogens with one attached hydrogen (secondary N) is 1. The molecule has 1 fully saturated rings. The number of hydrogen-bond acceptors (Lipinski definition) is 8. The largest absolute Gasteiger partial charge is 0.445 e. The Hall–Kier alpha value is -2.50. The highest BCUT2D eigenvalue weighted by molar-refractivity contribution is 7.09. The number of rotatable bonds is 14. The molecule has 0 unspecified atom stereocenters. The second-order valence-corrected chi connectivity index (χ2v) is 13.7. The smallest absolute Gasteiger partial charge is 0.265 e. The van der Waals surface area contributed by atoms with Crippen LogP contribution >= 0.6 is 46.1 Å². The molecule has 45 heavy (non-hydrogen) atoms. The summed E-state index contributed by atoms with van der Waals surface area (Å²) in [6.45, 7) is 1.30. The average molecular weight is 691 g/mol. The normalized spacial score (nSPS) is 21.8. The summed E-state index contributed by atoms with van der Waals surface area (Å²) in [4.78, 5) is 0.988. The SMILES string of the molecule is N=C(O[C@H]1O[C@H](COCc2ccccc2)[C@@H](OCc2ccccc2)[C@H](OCc2ccccc2)[C@H]1OCc1cccs1)C(Cl)(Cl)Cl. The molecule has 1 aliphatic rings. The first-order chi connectivity index (χ1) is 21.9. The van der Waals surface area contributed by atoms with Gasteiger partial charge in [0.15, 0.2) is 0 Å². The van der Waals surface area contributed by atoms with Gasteiger partial charge in [0.1, 0.15) is 24.4 Å². The average Bonchev–Trinajstić information content (AvgIpc) is 3.57. The van der Waals surface area contributed by atoms with Crippen LogP contribution in [-0.4, -0.2) is 47.0 Å². The van der Waals surface area contributed by atoms with Crippen molar-refractivity contribution in [2.45, 2.75) is 60.9 Å². The summed E-state index contributed by atoms with van der Waals surface area (Å²) < 4.78 is 36.0. The fourth-order valence-corrected chi connectivity index (χ4v) is 5.59. The summed E-state index contributed by atoms with van der Waals surface area (Å²) in [5, 5.41) is 10.3. The molecule has 1 N–H and O–H groups in total. The van der Waals surface area contributed by atoms with E-state index in [9.17, 15) is 0 Å². The standard InChI is InChI=1S/C34H34Cl3NO6S/c35-34(36,37)33(38)44-32-31(42-22-27-17-10-18-45-27)30(41-21-26-15-8-3-9-16-26)29(40-20-25-13-6-2-7-14-25)28(43-32)23-39-19-24-11-4-1-5-12-24/h1-18,28-32,38H,19-23H2/t28-,29-,30+,31-,32-/m1/s1. The zero-order valence-corrected chi connectivity index (χ0v) is 27.4. The van der Waals surface area contributed by atoms with E-state index in [-0.39, 0.29) is 19.8 Å². The van der Waals surface area contributed by atoms with Crippen molar-refractivity contribution in [3.8, 4) is 0 Å². The zero-order chi connectivity index (χ0) is 31.5. The molecule has 1 saturated heterocycles. The lowest BCUT2D eigenvalue weighted by Crippen LogP contribution is -2.62. The van der Waals surface area contributed by atoms with E-state index in [0.717, 1.165) is 21.6 Å². The lowest BCUT2D eigenvalue weighted by Gasteiger charge is -2.45. The lowest BCUT2D eigenvalue weighted by atomic mass is 9.97. The number of benzene rings is 3. The van der Waals surface area contributed by atoms with Gasteiger partial charge in [-0.1, -0.05) is 132 Å². The van der Waals surface area contributed by atoms with Crippen molar-refractivity contribution in [2.24, 2.45) is 0 Å². The molecule has 2 heterocycles. The summed E-state index contributed by atoms with van der Waals surface area (Å²) in [5.74, 6) is -0.600. The molecular weight excluding hydrogens is 657 g/mol. The van der Waals surface area contributed by atoms with Crippen LogP contribution in [0.1, 0.15) is 21.6 Å². The van der Waals surface area contributed by atoms with Gasteiger partial charge in [-0.25, -0.2) is 0 Å². The van der Waals surface area contributed by atoms with E-state index in [2.05, 4.69) is 0 Å². The topological polar surface area (TPSA) is 79.2 Å². The second-order valence-electron chi connectivity index (χ2n) is 10.4. The van der Waals surface area contributed by atoms with Crippen molar-refractivity contribution in [2.75, 3.05) is 6.61 Å². The van der Waals surface area contributed by atoms with Crippen molar-refractivity contribution in [3.63, 3.8) is 0 Å². The molecule has 238 valence electrons. The predicted octanol–water partition coefficient (Wildman–Crippen LogP) is 8.11. The zero-order valence-electron chi connectivity index (χ0n) is 24.3. The molecule has 0 aliphatic carbocycles. The second kappa shape index (κ2) is 16.9. The van der Waals surface area contributed by atoms with Crippen LogP contribution in [0.4, 0.5) is 0 Å². The summed E-state index contributed by atoms with van der Waals surface area (Å²) in [6, 6.07) is 33.4. The van der Waals surface area contributed by atoms with Crippen LogP contribution in [0.5, 0.6) is 0 Å². The van der Waals surface area contributed by atoms with Gasteiger partial charge < -0.3 is 28.4 Å². The van der Waals surface area contributed by atoms with Gasteiger partial charge in [0.2, 0.25) is 12.2 Å². The Morgan fingerprint density at radius 3 is 1.73 bits per heavy atom. The van der Waals surface area contributed by atoms with E-state index < -0.39 is 40.4 Å². The number of alkyl halides is 3. The first kappa shape index (κ1) is 33.9. The number of thiophene rings is 1. The Balaban J connectivity index is 1.45. The Morgan fingerprint density at radius 2 is 1.20 bits per heavy atom. The molecule has 0 saturated carbocycles. The maximum Gasteiger partial charge on any atom is 0.265 e. The minimum absolute atomic E-state index is 0.137. The lowest BCUT2D eigenvalue weighted by molar-refractivity contribution is -0.313. The van der Waals surface area contributed by atoms with Gasteiger partial charge >= 0.3 is 0 Å². The van der Waals surface area contributed by atoms with E-state index in [4.69, 9.17) is 68.6 Å². The fraction of sp³-hybridized carbons (Fsp3) is 0.324. The first-order valence-corrected chi connectivity index (χ1v) is 16.4. The molecule has 7 nitrogen and oxygen atoms in total. The van der Waals surface area contributed by atoms with Crippen LogP contribution in [0.2, 0.25) is 0 Å². The van der Waals surface area contributed by atoms with Crippen LogP contribution in [0.25, 0.3) is 0 Å². The van der Waals surface area contributed by atoms with Gasteiger partial charge in [-0.05, 0) is 28.1 Å². The molecule has 3 aromatic carbocycles. The third kappa shape index (κ3) is 10.2. The van der Waals surface area contributed by atoms with Crippen LogP contribution < -0.4 is 0 Å². The molecule has 0 amide bonds. The van der Waals surface area contributed by atoms with Gasteiger partial charge in [-0.3, -0.25) is 5.41 Å². The van der Waals surface area contributed by atoms with Gasteiger partial charge in [-0.15, -0.1) is 11.3 Å². The van der Waals surface area contributed by atoms with Crippen molar-refractivity contribution < 1.29 is 28.4 Å². The van der Waals surface area contributed by atoms with E-state index >= 15 is 0 Å². The minimum Gasteiger partial charge on any atom is -0.445 e. The van der Waals surface area contributed by atoms with Crippen molar-refractivity contribution >= 4 is 52.0 Å². The predicted molar refractivity (Wildman–Crippen MR) is 177 cm³/mol. The molecule has 5 atom stereocenters. The summed E-state index contributed by atoms with van der Waals surface area (Å²) >= 11 is 19.6. The molecule has 4 aromatic rings. The molecule has 11 heteroatoms.